The number of benzene rings is 2. The summed E-state index contributed by atoms with van der Waals surface area (Å²) in [5.41, 5.74) is 1.66. The number of hydrogen-bond acceptors (Lipinski definition) is 2. The maximum absolute atomic E-state index is 13.7. The molecule has 126 valence electrons. The Morgan fingerprint density at radius 2 is 1.67 bits per heavy atom. The van der Waals surface area contributed by atoms with Crippen molar-refractivity contribution in [3.05, 3.63) is 71.3 Å². The number of aliphatic carboxylic acids is 1. The normalized spacial score (nSPS) is 17.6. The van der Waals surface area contributed by atoms with Crippen LogP contribution in [0.3, 0.4) is 0 Å². The van der Waals surface area contributed by atoms with Gasteiger partial charge in [-0.15, -0.1) is 0 Å². The van der Waals surface area contributed by atoms with Crippen LogP contribution in [0.15, 0.2) is 48.5 Å². The monoisotopic (exact) mass is 331 g/mol. The van der Waals surface area contributed by atoms with Crippen LogP contribution in [0.1, 0.15) is 30.0 Å². The fraction of sp³-hybridized carbons (Fsp3) is 0.316. The zero-order chi connectivity index (χ0) is 17.1. The first-order chi connectivity index (χ1) is 11.5. The van der Waals surface area contributed by atoms with Crippen molar-refractivity contribution in [1.82, 2.24) is 4.90 Å². The van der Waals surface area contributed by atoms with Gasteiger partial charge in [-0.1, -0.05) is 24.3 Å². The average molecular weight is 331 g/mol. The molecule has 0 amide bonds. The molecule has 1 unspecified atom stereocenters. The van der Waals surface area contributed by atoms with Gasteiger partial charge in [-0.2, -0.15) is 0 Å². The van der Waals surface area contributed by atoms with E-state index in [1.165, 1.54) is 24.3 Å². The summed E-state index contributed by atoms with van der Waals surface area (Å²) in [5.74, 6) is -1.73. The first-order valence-corrected chi connectivity index (χ1v) is 8.02. The molecule has 1 N–H and O–H groups in total. The van der Waals surface area contributed by atoms with E-state index < -0.39 is 5.97 Å². The smallest absolute Gasteiger partial charge is 0.306 e. The fourth-order valence-electron chi connectivity index (χ4n) is 3.34. The van der Waals surface area contributed by atoms with Crippen LogP contribution in [0.2, 0.25) is 0 Å². The second-order valence-corrected chi connectivity index (χ2v) is 6.16. The van der Waals surface area contributed by atoms with Crippen molar-refractivity contribution in [3.63, 3.8) is 0 Å². The molecule has 1 heterocycles. The molecule has 1 saturated heterocycles. The number of likely N-dealkylation sites (tertiary alicyclic amines) is 1. The highest BCUT2D eigenvalue weighted by molar-refractivity contribution is 5.70. The molecule has 5 heteroatoms. The van der Waals surface area contributed by atoms with E-state index in [1.54, 1.807) is 18.2 Å². The molecule has 0 radical (unpaired) electrons. The van der Waals surface area contributed by atoms with Gasteiger partial charge in [0.05, 0.1) is 12.0 Å². The summed E-state index contributed by atoms with van der Waals surface area (Å²) >= 11 is 0. The summed E-state index contributed by atoms with van der Waals surface area (Å²) < 4.78 is 26.9. The summed E-state index contributed by atoms with van der Waals surface area (Å²) in [4.78, 5) is 13.3. The summed E-state index contributed by atoms with van der Waals surface area (Å²) in [5, 5.41) is 9.15. The third-order valence-corrected chi connectivity index (χ3v) is 4.59. The Morgan fingerprint density at radius 3 is 2.25 bits per heavy atom. The van der Waals surface area contributed by atoms with Crippen molar-refractivity contribution < 1.29 is 18.7 Å². The van der Waals surface area contributed by atoms with Crippen LogP contribution in [-0.2, 0) is 4.79 Å². The molecule has 3 rings (SSSR count). The first kappa shape index (κ1) is 16.6. The third kappa shape index (κ3) is 3.62. The molecule has 1 atom stereocenters. The van der Waals surface area contributed by atoms with Crippen molar-refractivity contribution in [2.24, 2.45) is 5.92 Å². The molecule has 0 spiro atoms. The van der Waals surface area contributed by atoms with Crippen LogP contribution in [0.25, 0.3) is 0 Å². The maximum atomic E-state index is 13.7. The van der Waals surface area contributed by atoms with Gasteiger partial charge in [-0.25, -0.2) is 8.78 Å². The average Bonchev–Trinajstić information content (AvgIpc) is 2.57. The molecule has 0 aliphatic carbocycles. The molecule has 24 heavy (non-hydrogen) atoms. The van der Waals surface area contributed by atoms with Crippen LogP contribution >= 0.6 is 0 Å². The minimum absolute atomic E-state index is 0.212. The van der Waals surface area contributed by atoms with E-state index in [0.717, 1.165) is 11.1 Å². The molecule has 2 aromatic rings. The van der Waals surface area contributed by atoms with E-state index in [9.17, 15) is 13.6 Å². The number of carbonyl (C=O) groups is 1. The number of nitrogens with zero attached hydrogens (tertiary/aromatic N) is 1. The molecular formula is C19H19F2NO2. The Morgan fingerprint density at radius 1 is 1.00 bits per heavy atom. The van der Waals surface area contributed by atoms with E-state index >= 15 is 0 Å². The minimum atomic E-state index is -0.765. The first-order valence-electron chi connectivity index (χ1n) is 8.02. The molecule has 1 aliphatic heterocycles. The van der Waals surface area contributed by atoms with Crippen molar-refractivity contribution in [2.45, 2.75) is 18.9 Å². The van der Waals surface area contributed by atoms with Crippen LogP contribution in [-0.4, -0.2) is 29.1 Å². The Labute approximate surface area is 139 Å². The number of halogens is 2. The Hall–Kier alpha value is -2.27. The van der Waals surface area contributed by atoms with E-state index in [4.69, 9.17) is 5.11 Å². The van der Waals surface area contributed by atoms with Gasteiger partial charge < -0.3 is 5.11 Å². The highest BCUT2D eigenvalue weighted by Crippen LogP contribution is 2.32. The van der Waals surface area contributed by atoms with Crippen LogP contribution < -0.4 is 0 Å². The van der Waals surface area contributed by atoms with Gasteiger partial charge in [0.1, 0.15) is 11.6 Å². The van der Waals surface area contributed by atoms with Gasteiger partial charge in [0.15, 0.2) is 0 Å². The SMILES string of the molecule is O=C(O)C1CCN(C(c2ccc(F)cc2)c2cccc(F)c2)CC1. The van der Waals surface area contributed by atoms with E-state index in [1.807, 2.05) is 6.07 Å². The highest BCUT2D eigenvalue weighted by atomic mass is 19.1. The van der Waals surface area contributed by atoms with Gasteiger partial charge in [0, 0.05) is 0 Å². The van der Waals surface area contributed by atoms with Gasteiger partial charge in [-0.3, -0.25) is 9.69 Å². The summed E-state index contributed by atoms with van der Waals surface area (Å²) in [7, 11) is 0. The molecule has 1 aliphatic rings. The quantitative estimate of drug-likeness (QED) is 0.925. The zero-order valence-corrected chi connectivity index (χ0v) is 13.2. The van der Waals surface area contributed by atoms with E-state index in [2.05, 4.69) is 4.90 Å². The zero-order valence-electron chi connectivity index (χ0n) is 13.2. The number of rotatable bonds is 4. The fourth-order valence-corrected chi connectivity index (χ4v) is 3.34. The van der Waals surface area contributed by atoms with Crippen molar-refractivity contribution in [2.75, 3.05) is 13.1 Å². The summed E-state index contributed by atoms with van der Waals surface area (Å²) in [6, 6.07) is 12.4. The third-order valence-electron chi connectivity index (χ3n) is 4.59. The second kappa shape index (κ2) is 7.09. The Balaban J connectivity index is 1.91. The summed E-state index contributed by atoms with van der Waals surface area (Å²) in [6.45, 7) is 1.21. The number of piperidine rings is 1. The topological polar surface area (TPSA) is 40.5 Å². The predicted molar refractivity (Wildman–Crippen MR) is 86.6 cm³/mol. The van der Waals surface area contributed by atoms with Crippen LogP contribution in [0.4, 0.5) is 8.78 Å². The largest absolute Gasteiger partial charge is 0.481 e. The molecule has 0 aromatic heterocycles. The van der Waals surface area contributed by atoms with E-state index in [-0.39, 0.29) is 23.6 Å². The maximum Gasteiger partial charge on any atom is 0.306 e. The molecule has 0 saturated carbocycles. The Kier molecular flexibility index (Phi) is 4.90. The van der Waals surface area contributed by atoms with Crippen LogP contribution in [0, 0.1) is 17.6 Å². The second-order valence-electron chi connectivity index (χ2n) is 6.16. The lowest BCUT2D eigenvalue weighted by atomic mass is 9.91. The lowest BCUT2D eigenvalue weighted by molar-refractivity contribution is -0.143. The lowest BCUT2D eigenvalue weighted by Crippen LogP contribution is -2.39. The van der Waals surface area contributed by atoms with Crippen LogP contribution in [0.5, 0.6) is 0 Å². The number of carboxylic acids is 1. The van der Waals surface area contributed by atoms with Gasteiger partial charge in [0.2, 0.25) is 0 Å². The number of carboxylic acid groups (broad SMARTS) is 1. The molecule has 0 bridgehead atoms. The van der Waals surface area contributed by atoms with Crippen molar-refractivity contribution in [1.29, 1.82) is 0 Å². The molecule has 2 aromatic carbocycles. The van der Waals surface area contributed by atoms with Crippen molar-refractivity contribution in [3.8, 4) is 0 Å². The molecule has 3 nitrogen and oxygen atoms in total. The highest BCUT2D eigenvalue weighted by Gasteiger charge is 2.30. The van der Waals surface area contributed by atoms with Gasteiger partial charge in [0.25, 0.3) is 0 Å². The van der Waals surface area contributed by atoms with Gasteiger partial charge >= 0.3 is 5.97 Å². The lowest BCUT2D eigenvalue weighted by Gasteiger charge is -2.37. The molecular weight excluding hydrogens is 312 g/mol. The number of hydrogen-bond donors (Lipinski definition) is 1. The van der Waals surface area contributed by atoms with E-state index in [0.29, 0.717) is 25.9 Å². The van der Waals surface area contributed by atoms with Gasteiger partial charge in [-0.05, 0) is 61.3 Å². The molecule has 1 fully saturated rings. The predicted octanol–water partition coefficient (Wildman–Crippen LogP) is 3.85. The Bertz CT molecular complexity index is 710. The summed E-state index contributed by atoms with van der Waals surface area (Å²) in [6.07, 6.45) is 1.12. The minimum Gasteiger partial charge on any atom is -0.481 e. The van der Waals surface area contributed by atoms with Crippen molar-refractivity contribution >= 4 is 5.97 Å². The standard InChI is InChI=1S/C19H19F2NO2/c20-16-6-4-13(5-7-16)18(15-2-1-3-17(21)12-15)22-10-8-14(9-11-22)19(23)24/h1-7,12,14,18H,8-11H2,(H,23,24).